The Bertz CT molecular complexity index is 111. The molecule has 1 heteroatoms. The Balaban J connectivity index is 3.84. The van der Waals surface area contributed by atoms with E-state index in [0.717, 1.165) is 13.0 Å². The maximum Gasteiger partial charge on any atom is 0.0620 e. The number of ether oxygens (including phenoxy) is 1. The Hall–Kier alpha value is -0.0400. The summed E-state index contributed by atoms with van der Waals surface area (Å²) in [7, 11) is 0. The number of rotatable bonds is 4. The first kappa shape index (κ1) is 12.0. The maximum absolute atomic E-state index is 5.82. The van der Waals surface area contributed by atoms with E-state index in [0.29, 0.717) is 12.0 Å². The molecule has 0 saturated heterocycles. The van der Waals surface area contributed by atoms with E-state index < -0.39 is 0 Å². The first-order valence-electron chi connectivity index (χ1n) is 4.99. The van der Waals surface area contributed by atoms with Crippen molar-refractivity contribution in [2.24, 2.45) is 11.3 Å². The van der Waals surface area contributed by atoms with E-state index in [1.165, 1.54) is 0 Å². The van der Waals surface area contributed by atoms with Crippen LogP contribution in [0.3, 0.4) is 0 Å². The van der Waals surface area contributed by atoms with Gasteiger partial charge < -0.3 is 4.74 Å². The Morgan fingerprint density at radius 1 is 1.17 bits per heavy atom. The van der Waals surface area contributed by atoms with Crippen LogP contribution in [0, 0.1) is 11.3 Å². The van der Waals surface area contributed by atoms with Crippen molar-refractivity contribution in [2.45, 2.75) is 54.1 Å². The molecular weight excluding hydrogens is 148 g/mol. The summed E-state index contributed by atoms with van der Waals surface area (Å²) in [6.45, 7) is 14.2. The molecule has 0 aromatic heterocycles. The van der Waals surface area contributed by atoms with Crippen molar-refractivity contribution < 1.29 is 4.74 Å². The standard InChI is InChI=1S/C11H24O/c1-7-10(11(4,5)6)12-8-9(2)3/h9-10H,7-8H2,1-6H3. The van der Waals surface area contributed by atoms with Gasteiger partial charge in [0.2, 0.25) is 0 Å². The van der Waals surface area contributed by atoms with Gasteiger partial charge in [0.05, 0.1) is 6.10 Å². The summed E-state index contributed by atoms with van der Waals surface area (Å²) in [5, 5.41) is 0. The van der Waals surface area contributed by atoms with Gasteiger partial charge in [-0.05, 0) is 17.8 Å². The molecule has 12 heavy (non-hydrogen) atoms. The molecule has 0 saturated carbocycles. The van der Waals surface area contributed by atoms with Gasteiger partial charge in [-0.1, -0.05) is 41.5 Å². The summed E-state index contributed by atoms with van der Waals surface area (Å²) in [6.07, 6.45) is 1.51. The highest BCUT2D eigenvalue weighted by Gasteiger charge is 2.23. The highest BCUT2D eigenvalue weighted by molar-refractivity contribution is 4.73. The van der Waals surface area contributed by atoms with Gasteiger partial charge in [-0.25, -0.2) is 0 Å². The molecule has 0 bridgehead atoms. The summed E-state index contributed by atoms with van der Waals surface area (Å²) in [4.78, 5) is 0. The highest BCUT2D eigenvalue weighted by atomic mass is 16.5. The topological polar surface area (TPSA) is 9.23 Å². The van der Waals surface area contributed by atoms with E-state index in [-0.39, 0.29) is 5.41 Å². The second-order valence-corrected chi connectivity index (χ2v) is 4.99. The largest absolute Gasteiger partial charge is 0.377 e. The van der Waals surface area contributed by atoms with Crippen LogP contribution in [-0.4, -0.2) is 12.7 Å². The van der Waals surface area contributed by atoms with Gasteiger partial charge in [0.25, 0.3) is 0 Å². The van der Waals surface area contributed by atoms with Crippen LogP contribution in [0.5, 0.6) is 0 Å². The predicted octanol–water partition coefficient (Wildman–Crippen LogP) is 3.48. The van der Waals surface area contributed by atoms with Crippen molar-refractivity contribution in [3.63, 3.8) is 0 Å². The Morgan fingerprint density at radius 3 is 1.92 bits per heavy atom. The van der Waals surface area contributed by atoms with Gasteiger partial charge in [-0.2, -0.15) is 0 Å². The lowest BCUT2D eigenvalue weighted by molar-refractivity contribution is -0.0310. The number of hydrogen-bond acceptors (Lipinski definition) is 1. The molecule has 0 rings (SSSR count). The average Bonchev–Trinajstić information content (AvgIpc) is 1.85. The van der Waals surface area contributed by atoms with Crippen LogP contribution in [0.4, 0.5) is 0 Å². The third-order valence-electron chi connectivity index (χ3n) is 1.97. The molecular formula is C11H24O. The fraction of sp³-hybridized carbons (Fsp3) is 1.00. The molecule has 0 spiro atoms. The van der Waals surface area contributed by atoms with Crippen LogP contribution in [0.1, 0.15) is 48.0 Å². The van der Waals surface area contributed by atoms with E-state index in [9.17, 15) is 0 Å². The van der Waals surface area contributed by atoms with Gasteiger partial charge in [0.15, 0.2) is 0 Å². The van der Waals surface area contributed by atoms with E-state index in [4.69, 9.17) is 4.74 Å². The molecule has 1 unspecified atom stereocenters. The molecule has 0 aromatic carbocycles. The molecule has 0 radical (unpaired) electrons. The molecule has 0 aliphatic heterocycles. The second kappa shape index (κ2) is 4.86. The van der Waals surface area contributed by atoms with E-state index >= 15 is 0 Å². The normalized spacial score (nSPS) is 15.2. The van der Waals surface area contributed by atoms with Crippen molar-refractivity contribution in [2.75, 3.05) is 6.61 Å². The summed E-state index contributed by atoms with van der Waals surface area (Å²) in [5.41, 5.74) is 0.281. The number of hydrogen-bond donors (Lipinski definition) is 0. The molecule has 1 atom stereocenters. The van der Waals surface area contributed by atoms with Gasteiger partial charge in [0.1, 0.15) is 0 Å². The Morgan fingerprint density at radius 2 is 1.67 bits per heavy atom. The minimum Gasteiger partial charge on any atom is -0.377 e. The summed E-state index contributed by atoms with van der Waals surface area (Å²) >= 11 is 0. The molecule has 0 aliphatic carbocycles. The fourth-order valence-electron chi connectivity index (χ4n) is 1.29. The van der Waals surface area contributed by atoms with Crippen molar-refractivity contribution >= 4 is 0 Å². The SMILES string of the molecule is CCC(OCC(C)C)C(C)(C)C. The zero-order valence-electron chi connectivity index (χ0n) is 9.48. The molecule has 74 valence electrons. The van der Waals surface area contributed by atoms with Crippen LogP contribution in [0.15, 0.2) is 0 Å². The van der Waals surface area contributed by atoms with Crippen LogP contribution in [0.25, 0.3) is 0 Å². The van der Waals surface area contributed by atoms with Crippen molar-refractivity contribution in [3.8, 4) is 0 Å². The third-order valence-corrected chi connectivity index (χ3v) is 1.97. The molecule has 0 aliphatic rings. The summed E-state index contributed by atoms with van der Waals surface area (Å²) in [5.74, 6) is 0.640. The van der Waals surface area contributed by atoms with Gasteiger partial charge in [0, 0.05) is 6.61 Å². The molecule has 0 fully saturated rings. The predicted molar refractivity (Wildman–Crippen MR) is 54.3 cm³/mol. The molecule has 1 nitrogen and oxygen atoms in total. The first-order valence-corrected chi connectivity index (χ1v) is 4.99. The summed E-state index contributed by atoms with van der Waals surface area (Å²) < 4.78 is 5.82. The molecule has 0 aromatic rings. The zero-order valence-corrected chi connectivity index (χ0v) is 9.48. The lowest BCUT2D eigenvalue weighted by Crippen LogP contribution is -2.29. The van der Waals surface area contributed by atoms with E-state index in [2.05, 4.69) is 41.5 Å². The van der Waals surface area contributed by atoms with E-state index in [1.807, 2.05) is 0 Å². The minimum atomic E-state index is 0.281. The smallest absolute Gasteiger partial charge is 0.0620 e. The maximum atomic E-state index is 5.82. The lowest BCUT2D eigenvalue weighted by Gasteiger charge is -2.30. The Labute approximate surface area is 77.5 Å². The quantitative estimate of drug-likeness (QED) is 0.631. The third kappa shape index (κ3) is 4.76. The van der Waals surface area contributed by atoms with Crippen molar-refractivity contribution in [1.29, 1.82) is 0 Å². The van der Waals surface area contributed by atoms with Crippen LogP contribution in [-0.2, 0) is 4.74 Å². The monoisotopic (exact) mass is 172 g/mol. The first-order chi connectivity index (χ1) is 5.38. The van der Waals surface area contributed by atoms with Crippen molar-refractivity contribution in [1.82, 2.24) is 0 Å². The van der Waals surface area contributed by atoms with Crippen LogP contribution in [0.2, 0.25) is 0 Å². The molecule has 0 N–H and O–H groups in total. The van der Waals surface area contributed by atoms with Gasteiger partial charge >= 0.3 is 0 Å². The highest BCUT2D eigenvalue weighted by Crippen LogP contribution is 2.24. The minimum absolute atomic E-state index is 0.281. The van der Waals surface area contributed by atoms with Gasteiger partial charge in [-0.15, -0.1) is 0 Å². The van der Waals surface area contributed by atoms with Crippen molar-refractivity contribution in [3.05, 3.63) is 0 Å². The molecule has 0 amide bonds. The van der Waals surface area contributed by atoms with Crippen LogP contribution >= 0.6 is 0 Å². The zero-order chi connectivity index (χ0) is 9.78. The van der Waals surface area contributed by atoms with Gasteiger partial charge in [-0.3, -0.25) is 0 Å². The van der Waals surface area contributed by atoms with Crippen LogP contribution < -0.4 is 0 Å². The Kier molecular flexibility index (Phi) is 4.84. The lowest BCUT2D eigenvalue weighted by atomic mass is 9.87. The fourth-order valence-corrected chi connectivity index (χ4v) is 1.29. The summed E-state index contributed by atoms with van der Waals surface area (Å²) in [6, 6.07) is 0. The molecule has 0 heterocycles. The second-order valence-electron chi connectivity index (χ2n) is 4.99. The average molecular weight is 172 g/mol. The van der Waals surface area contributed by atoms with E-state index in [1.54, 1.807) is 0 Å².